The predicted octanol–water partition coefficient (Wildman–Crippen LogP) is 4.00. The number of nitrogens with zero attached hydrogens (tertiary/aromatic N) is 2. The quantitative estimate of drug-likeness (QED) is 0.544. The molecule has 0 unspecified atom stereocenters. The van der Waals surface area contributed by atoms with Gasteiger partial charge in [-0.25, -0.2) is 17.2 Å². The van der Waals surface area contributed by atoms with E-state index in [2.05, 4.69) is 0 Å². The lowest BCUT2D eigenvalue weighted by Gasteiger charge is -2.32. The Kier molecular flexibility index (Phi) is 8.42. The van der Waals surface area contributed by atoms with Gasteiger partial charge in [0.1, 0.15) is 11.9 Å². The predicted molar refractivity (Wildman–Crippen MR) is 121 cm³/mol. The zero-order valence-electron chi connectivity index (χ0n) is 19.0. The summed E-state index contributed by atoms with van der Waals surface area (Å²) in [6.45, 7) is 5.44. The van der Waals surface area contributed by atoms with Gasteiger partial charge < -0.3 is 9.64 Å². The molecule has 0 radical (unpaired) electrons. The summed E-state index contributed by atoms with van der Waals surface area (Å²) in [6.07, 6.45) is 1.75. The molecule has 0 spiro atoms. The van der Waals surface area contributed by atoms with Crippen molar-refractivity contribution in [1.29, 1.82) is 0 Å². The van der Waals surface area contributed by atoms with Crippen molar-refractivity contribution in [3.8, 4) is 5.75 Å². The first-order valence-corrected chi connectivity index (χ1v) is 12.7. The van der Waals surface area contributed by atoms with E-state index < -0.39 is 21.7 Å². The summed E-state index contributed by atoms with van der Waals surface area (Å²) in [5.41, 5.74) is 0.895. The average Bonchev–Trinajstić information content (AvgIpc) is 2.80. The van der Waals surface area contributed by atoms with Gasteiger partial charge >= 0.3 is 0 Å². The molecule has 0 aliphatic carbocycles. The number of carbonyl (C=O) groups is 1. The number of halogens is 2. The summed E-state index contributed by atoms with van der Waals surface area (Å²) >= 11 is 0. The SMILES string of the molecule is CCN(CC)S(=O)(=O)c1ccc(CCC(=O)N2CCC(Oc3ccc(F)cc3F)CC2)cc1. The monoisotopic (exact) mass is 480 g/mol. The molecule has 1 aliphatic heterocycles. The van der Waals surface area contributed by atoms with E-state index in [1.54, 1.807) is 43.0 Å². The van der Waals surface area contributed by atoms with Crippen LogP contribution in [0.5, 0.6) is 5.75 Å². The number of carbonyl (C=O) groups excluding carboxylic acids is 1. The van der Waals surface area contributed by atoms with Crippen molar-refractivity contribution < 1.29 is 26.7 Å². The first-order valence-electron chi connectivity index (χ1n) is 11.2. The third-order valence-corrected chi connectivity index (χ3v) is 7.94. The topological polar surface area (TPSA) is 66.9 Å². The Morgan fingerprint density at radius 3 is 2.27 bits per heavy atom. The second-order valence-electron chi connectivity index (χ2n) is 8.01. The minimum Gasteiger partial charge on any atom is -0.487 e. The molecule has 0 aromatic heterocycles. The maximum Gasteiger partial charge on any atom is 0.243 e. The maximum atomic E-state index is 13.8. The van der Waals surface area contributed by atoms with Crippen molar-refractivity contribution >= 4 is 15.9 Å². The number of sulfonamides is 1. The molecule has 9 heteroatoms. The summed E-state index contributed by atoms with van der Waals surface area (Å²) in [7, 11) is -3.49. The van der Waals surface area contributed by atoms with Crippen LogP contribution in [0, 0.1) is 11.6 Å². The molecule has 1 heterocycles. The van der Waals surface area contributed by atoms with Gasteiger partial charge in [0.15, 0.2) is 11.6 Å². The summed E-state index contributed by atoms with van der Waals surface area (Å²) in [4.78, 5) is 14.6. The van der Waals surface area contributed by atoms with Gasteiger partial charge in [-0.15, -0.1) is 0 Å². The minimum atomic E-state index is -3.49. The molecule has 1 aliphatic rings. The zero-order chi connectivity index (χ0) is 24.0. The van der Waals surface area contributed by atoms with Crippen LogP contribution in [0.1, 0.15) is 38.7 Å². The van der Waals surface area contributed by atoms with Gasteiger partial charge in [0, 0.05) is 51.5 Å². The fourth-order valence-corrected chi connectivity index (χ4v) is 5.38. The largest absolute Gasteiger partial charge is 0.487 e. The lowest BCUT2D eigenvalue weighted by atomic mass is 10.1. The Hall–Kier alpha value is -2.52. The van der Waals surface area contributed by atoms with Crippen LogP contribution in [0.25, 0.3) is 0 Å². The number of likely N-dealkylation sites (tertiary alicyclic amines) is 1. The molecule has 3 rings (SSSR count). The van der Waals surface area contributed by atoms with Gasteiger partial charge in [0.25, 0.3) is 0 Å². The van der Waals surface area contributed by atoms with Crippen molar-refractivity contribution in [1.82, 2.24) is 9.21 Å². The first-order chi connectivity index (χ1) is 15.7. The van der Waals surface area contributed by atoms with E-state index in [1.807, 2.05) is 0 Å². The van der Waals surface area contributed by atoms with E-state index in [1.165, 1.54) is 10.4 Å². The van der Waals surface area contributed by atoms with Gasteiger partial charge in [-0.05, 0) is 36.2 Å². The highest BCUT2D eigenvalue weighted by molar-refractivity contribution is 7.89. The molecule has 2 aromatic rings. The van der Waals surface area contributed by atoms with Crippen LogP contribution in [0.3, 0.4) is 0 Å². The fraction of sp³-hybridized carbons (Fsp3) is 0.458. The number of ether oxygens (including phenoxy) is 1. The summed E-state index contributed by atoms with van der Waals surface area (Å²) in [5.74, 6) is -1.35. The molecule has 2 aromatic carbocycles. The van der Waals surface area contributed by atoms with E-state index in [4.69, 9.17) is 4.74 Å². The normalized spacial score (nSPS) is 15.1. The van der Waals surface area contributed by atoms with Crippen LogP contribution in [0.15, 0.2) is 47.4 Å². The number of rotatable bonds is 9. The molecule has 180 valence electrons. The number of hydrogen-bond acceptors (Lipinski definition) is 4. The van der Waals surface area contributed by atoms with E-state index in [0.29, 0.717) is 51.9 Å². The summed E-state index contributed by atoms with van der Waals surface area (Å²) in [5, 5.41) is 0. The van der Waals surface area contributed by atoms with Gasteiger partial charge in [-0.3, -0.25) is 4.79 Å². The molecule has 1 saturated heterocycles. The molecule has 0 atom stereocenters. The van der Waals surface area contributed by atoms with Gasteiger partial charge in [-0.2, -0.15) is 4.31 Å². The molecular weight excluding hydrogens is 450 g/mol. The van der Waals surface area contributed by atoms with Crippen LogP contribution in [-0.4, -0.2) is 55.8 Å². The van der Waals surface area contributed by atoms with Crippen LogP contribution in [-0.2, 0) is 21.2 Å². The Bertz CT molecular complexity index is 1050. The molecule has 1 amide bonds. The second-order valence-corrected chi connectivity index (χ2v) is 9.94. The molecule has 0 N–H and O–H groups in total. The van der Waals surface area contributed by atoms with Crippen LogP contribution < -0.4 is 4.74 Å². The smallest absolute Gasteiger partial charge is 0.243 e. The summed E-state index contributed by atoms with van der Waals surface area (Å²) < 4.78 is 59.0. The van der Waals surface area contributed by atoms with Crippen molar-refractivity contribution in [2.75, 3.05) is 26.2 Å². The van der Waals surface area contributed by atoms with Crippen LogP contribution in [0.4, 0.5) is 8.78 Å². The van der Waals surface area contributed by atoms with E-state index >= 15 is 0 Å². The van der Waals surface area contributed by atoms with E-state index in [-0.39, 0.29) is 22.7 Å². The lowest BCUT2D eigenvalue weighted by molar-refractivity contribution is -0.132. The van der Waals surface area contributed by atoms with Crippen LogP contribution in [0.2, 0.25) is 0 Å². The number of amides is 1. The first kappa shape index (κ1) is 25.1. The number of piperidine rings is 1. The average molecular weight is 481 g/mol. The number of hydrogen-bond donors (Lipinski definition) is 0. The fourth-order valence-electron chi connectivity index (χ4n) is 3.92. The zero-order valence-corrected chi connectivity index (χ0v) is 19.8. The molecular formula is C24H30F2N2O4S. The van der Waals surface area contributed by atoms with Crippen molar-refractivity contribution in [2.45, 2.75) is 50.5 Å². The molecule has 33 heavy (non-hydrogen) atoms. The molecule has 1 fully saturated rings. The Labute approximate surface area is 194 Å². The maximum absolute atomic E-state index is 13.8. The van der Waals surface area contributed by atoms with Crippen molar-refractivity contribution in [2.24, 2.45) is 0 Å². The molecule has 0 saturated carbocycles. The minimum absolute atomic E-state index is 0.0150. The molecule has 6 nitrogen and oxygen atoms in total. The number of benzene rings is 2. The Morgan fingerprint density at radius 2 is 1.70 bits per heavy atom. The highest BCUT2D eigenvalue weighted by Crippen LogP contribution is 2.23. The van der Waals surface area contributed by atoms with Crippen LogP contribution >= 0.6 is 0 Å². The van der Waals surface area contributed by atoms with Gasteiger partial charge in [-0.1, -0.05) is 26.0 Å². The van der Waals surface area contributed by atoms with Gasteiger partial charge in [0.05, 0.1) is 4.90 Å². The van der Waals surface area contributed by atoms with Crippen molar-refractivity contribution in [3.63, 3.8) is 0 Å². The number of aryl methyl sites for hydroxylation is 1. The second kappa shape index (κ2) is 11.1. The van der Waals surface area contributed by atoms with E-state index in [9.17, 15) is 22.0 Å². The highest BCUT2D eigenvalue weighted by Gasteiger charge is 2.25. The summed E-state index contributed by atoms with van der Waals surface area (Å²) in [6, 6.07) is 9.90. The standard InChI is InChI=1S/C24H30F2N2O4S/c1-3-28(4-2)33(30,31)21-9-5-18(6-10-21)7-12-24(29)27-15-13-20(14-16-27)32-23-11-8-19(25)17-22(23)26/h5-6,8-11,17,20H,3-4,7,12-16H2,1-2H3. The third kappa shape index (κ3) is 6.29. The lowest BCUT2D eigenvalue weighted by Crippen LogP contribution is -2.41. The van der Waals surface area contributed by atoms with Gasteiger partial charge in [0.2, 0.25) is 15.9 Å². The Balaban J connectivity index is 1.48. The Morgan fingerprint density at radius 1 is 1.06 bits per heavy atom. The van der Waals surface area contributed by atoms with Crippen molar-refractivity contribution in [3.05, 3.63) is 59.7 Å². The highest BCUT2D eigenvalue weighted by atomic mass is 32.2. The van der Waals surface area contributed by atoms with E-state index in [0.717, 1.165) is 17.7 Å². The third-order valence-electron chi connectivity index (χ3n) is 5.88. The molecule has 0 bridgehead atoms.